The van der Waals surface area contributed by atoms with E-state index in [2.05, 4.69) is 20.8 Å². The van der Waals surface area contributed by atoms with E-state index in [9.17, 15) is 9.59 Å². The van der Waals surface area contributed by atoms with Crippen molar-refractivity contribution in [3.05, 3.63) is 27.7 Å². The van der Waals surface area contributed by atoms with Crippen LogP contribution in [-0.4, -0.2) is 48.6 Å². The number of hydrogen-bond donors (Lipinski definition) is 0. The highest BCUT2D eigenvalue weighted by Gasteiger charge is 2.39. The second-order valence-electron chi connectivity index (χ2n) is 6.09. The third-order valence-electron chi connectivity index (χ3n) is 4.11. The fourth-order valence-electron chi connectivity index (χ4n) is 3.19. The number of hydrogen-bond acceptors (Lipinski definition) is 4. The average Bonchev–Trinajstić information content (AvgIpc) is 2.67. The van der Waals surface area contributed by atoms with E-state index in [4.69, 9.17) is 4.74 Å². The fourth-order valence-corrected chi connectivity index (χ4v) is 3.71. The highest BCUT2D eigenvalue weighted by Crippen LogP contribution is 2.36. The first-order valence-corrected chi connectivity index (χ1v) is 8.21. The lowest BCUT2D eigenvalue weighted by Gasteiger charge is -2.37. The Morgan fingerprint density at radius 2 is 1.86 bits per heavy atom. The van der Waals surface area contributed by atoms with Crippen LogP contribution in [0.25, 0.3) is 0 Å². The number of amides is 1. The minimum absolute atomic E-state index is 0.126. The monoisotopic (exact) mass is 366 g/mol. The van der Waals surface area contributed by atoms with Crippen molar-refractivity contribution in [2.75, 3.05) is 24.7 Å². The van der Waals surface area contributed by atoms with Crippen molar-refractivity contribution in [2.45, 2.75) is 33.0 Å². The molecule has 1 fully saturated rings. The molecule has 0 spiro atoms. The summed E-state index contributed by atoms with van der Waals surface area (Å²) in [5.74, 6) is -0.881. The molecule has 5 nitrogen and oxygen atoms in total. The van der Waals surface area contributed by atoms with Crippen molar-refractivity contribution >= 4 is 33.3 Å². The Morgan fingerprint density at radius 1 is 1.23 bits per heavy atom. The van der Waals surface area contributed by atoms with Gasteiger partial charge in [0.05, 0.1) is 30.1 Å². The summed E-state index contributed by atoms with van der Waals surface area (Å²) in [5.41, 5.74) is 2.13. The Labute approximate surface area is 138 Å². The third-order valence-corrected chi connectivity index (χ3v) is 5.13. The number of aryl methyl sites for hydroxylation is 1. The molecule has 2 heterocycles. The van der Waals surface area contributed by atoms with E-state index in [1.807, 2.05) is 32.9 Å². The van der Waals surface area contributed by atoms with Gasteiger partial charge in [-0.2, -0.15) is 0 Å². The van der Waals surface area contributed by atoms with E-state index >= 15 is 0 Å². The van der Waals surface area contributed by atoms with E-state index in [0.29, 0.717) is 17.9 Å². The molecule has 1 amide bonds. The van der Waals surface area contributed by atoms with Gasteiger partial charge in [0.1, 0.15) is 0 Å². The lowest BCUT2D eigenvalue weighted by molar-refractivity contribution is -0.115. The molecule has 0 aliphatic carbocycles. The van der Waals surface area contributed by atoms with Gasteiger partial charge in [-0.05, 0) is 48.3 Å². The summed E-state index contributed by atoms with van der Waals surface area (Å²) in [6.45, 7) is 7.89. The maximum absolute atomic E-state index is 12.4. The van der Waals surface area contributed by atoms with Gasteiger partial charge in [0, 0.05) is 17.6 Å². The summed E-state index contributed by atoms with van der Waals surface area (Å²) in [6.07, 6.45) is 0.253. The zero-order chi connectivity index (χ0) is 16.0. The van der Waals surface area contributed by atoms with Gasteiger partial charge >= 0.3 is 5.91 Å². The molecule has 2 aliphatic rings. The molecule has 0 bridgehead atoms. The number of ketones is 1. The summed E-state index contributed by atoms with van der Waals surface area (Å²) in [7, 11) is 0. The summed E-state index contributed by atoms with van der Waals surface area (Å²) in [4.78, 5) is 28.4. The van der Waals surface area contributed by atoms with E-state index in [-0.39, 0.29) is 12.2 Å². The van der Waals surface area contributed by atoms with Crippen LogP contribution in [0, 0.1) is 6.92 Å². The minimum Gasteiger partial charge on any atom is -0.373 e. The molecule has 3 rings (SSSR count). The normalized spacial score (nSPS) is 25.7. The average molecular weight is 367 g/mol. The zero-order valence-corrected chi connectivity index (χ0v) is 14.5. The van der Waals surface area contributed by atoms with Crippen molar-refractivity contribution in [3.8, 4) is 0 Å². The van der Waals surface area contributed by atoms with Gasteiger partial charge < -0.3 is 4.74 Å². The number of rotatable bonds is 2. The number of ether oxygens (including phenoxy) is 1. The predicted molar refractivity (Wildman–Crippen MR) is 87.1 cm³/mol. The number of Topliss-reactive ketones (excluding diaryl/α,β-unsaturated/α-hetero) is 1. The minimum atomic E-state index is -0.451. The van der Waals surface area contributed by atoms with Crippen molar-refractivity contribution in [2.24, 2.45) is 0 Å². The number of benzene rings is 1. The lowest BCUT2D eigenvalue weighted by atomic mass is 10.1. The largest absolute Gasteiger partial charge is 0.373 e. The quantitative estimate of drug-likeness (QED) is 0.753. The maximum atomic E-state index is 12.4. The molecule has 0 radical (unpaired) electrons. The molecule has 2 atom stereocenters. The van der Waals surface area contributed by atoms with Crippen LogP contribution in [0.3, 0.4) is 0 Å². The number of morpholine rings is 1. The molecule has 1 aromatic rings. The smallest absolute Gasteiger partial charge is 0.300 e. The summed E-state index contributed by atoms with van der Waals surface area (Å²) < 4.78 is 6.43. The molecular formula is C16H19BrN2O3. The number of carbonyl (C=O) groups is 2. The molecule has 1 saturated heterocycles. The third kappa shape index (κ3) is 2.59. The molecule has 0 aromatic heterocycles. The van der Waals surface area contributed by atoms with Crippen molar-refractivity contribution in [1.29, 1.82) is 0 Å². The molecule has 2 unspecified atom stereocenters. The van der Waals surface area contributed by atoms with Gasteiger partial charge in [-0.15, -0.1) is 0 Å². The van der Waals surface area contributed by atoms with Gasteiger partial charge in [0.2, 0.25) is 0 Å². The van der Waals surface area contributed by atoms with Gasteiger partial charge in [0.25, 0.3) is 5.78 Å². The molecular weight excluding hydrogens is 348 g/mol. The van der Waals surface area contributed by atoms with E-state index in [1.165, 1.54) is 0 Å². The van der Waals surface area contributed by atoms with Crippen LogP contribution in [0.1, 0.15) is 29.8 Å². The summed E-state index contributed by atoms with van der Waals surface area (Å²) in [6, 6.07) is 3.78. The van der Waals surface area contributed by atoms with E-state index in [1.54, 1.807) is 4.90 Å². The molecule has 118 valence electrons. The van der Waals surface area contributed by atoms with Crippen LogP contribution in [-0.2, 0) is 9.53 Å². The zero-order valence-electron chi connectivity index (χ0n) is 12.9. The van der Waals surface area contributed by atoms with E-state index < -0.39 is 11.7 Å². The summed E-state index contributed by atoms with van der Waals surface area (Å²) in [5, 5.41) is 0. The van der Waals surface area contributed by atoms with Crippen molar-refractivity contribution in [3.63, 3.8) is 0 Å². The number of carbonyl (C=O) groups excluding carboxylic acids is 2. The fraction of sp³-hybridized carbons (Fsp3) is 0.500. The van der Waals surface area contributed by atoms with Crippen LogP contribution in [0.2, 0.25) is 0 Å². The second-order valence-corrected chi connectivity index (χ2v) is 6.88. The SMILES string of the molecule is Cc1ccc2c(c1Br)C(=O)C(=O)N2CN1CC(C)OC(C)C1. The van der Waals surface area contributed by atoms with E-state index in [0.717, 1.165) is 23.1 Å². The Kier molecular flexibility index (Phi) is 4.09. The molecule has 1 aromatic carbocycles. The Morgan fingerprint density at radius 3 is 2.50 bits per heavy atom. The van der Waals surface area contributed by atoms with Gasteiger partial charge in [-0.25, -0.2) is 0 Å². The topological polar surface area (TPSA) is 49.9 Å². The van der Waals surface area contributed by atoms with Gasteiger partial charge in [0.15, 0.2) is 0 Å². The van der Waals surface area contributed by atoms with Crippen LogP contribution in [0.4, 0.5) is 5.69 Å². The number of anilines is 1. The lowest BCUT2D eigenvalue weighted by Crippen LogP contribution is -2.50. The number of fused-ring (bicyclic) bond motifs is 1. The van der Waals surface area contributed by atoms with Crippen LogP contribution in [0.15, 0.2) is 16.6 Å². The van der Waals surface area contributed by atoms with Crippen LogP contribution < -0.4 is 4.90 Å². The number of halogens is 1. The number of nitrogens with zero attached hydrogens (tertiary/aromatic N) is 2. The first kappa shape index (κ1) is 15.6. The maximum Gasteiger partial charge on any atom is 0.300 e. The first-order valence-electron chi connectivity index (χ1n) is 7.41. The standard InChI is InChI=1S/C16H19BrN2O3/c1-9-4-5-12-13(14(9)17)15(20)16(21)19(12)8-18-6-10(2)22-11(3)7-18/h4-5,10-11H,6-8H2,1-3H3. The van der Waals surface area contributed by atoms with Crippen LogP contribution >= 0.6 is 15.9 Å². The Bertz CT molecular complexity index is 637. The molecule has 0 saturated carbocycles. The Balaban J connectivity index is 1.89. The predicted octanol–water partition coefficient (Wildman–Crippen LogP) is 2.35. The summed E-state index contributed by atoms with van der Waals surface area (Å²) >= 11 is 3.44. The second kappa shape index (κ2) is 5.76. The molecule has 6 heteroatoms. The highest BCUT2D eigenvalue weighted by atomic mass is 79.9. The van der Waals surface area contributed by atoms with Crippen molar-refractivity contribution < 1.29 is 14.3 Å². The molecule has 22 heavy (non-hydrogen) atoms. The van der Waals surface area contributed by atoms with Gasteiger partial charge in [-0.1, -0.05) is 6.07 Å². The molecule has 0 N–H and O–H groups in total. The van der Waals surface area contributed by atoms with Gasteiger partial charge in [-0.3, -0.25) is 19.4 Å². The van der Waals surface area contributed by atoms with Crippen molar-refractivity contribution in [1.82, 2.24) is 4.90 Å². The first-order chi connectivity index (χ1) is 10.4. The Hall–Kier alpha value is -1.24. The highest BCUT2D eigenvalue weighted by molar-refractivity contribution is 9.10. The molecule has 2 aliphatic heterocycles. The van der Waals surface area contributed by atoms with Crippen LogP contribution in [0.5, 0.6) is 0 Å².